The van der Waals surface area contributed by atoms with Crippen molar-refractivity contribution in [1.82, 2.24) is 19.7 Å². The van der Waals surface area contributed by atoms with Crippen molar-refractivity contribution in [2.45, 2.75) is 19.8 Å². The third-order valence-corrected chi connectivity index (χ3v) is 5.71. The van der Waals surface area contributed by atoms with Crippen LogP contribution >= 0.6 is 11.8 Å². The molecule has 28 heavy (non-hydrogen) atoms. The Bertz CT molecular complexity index is 1010. The van der Waals surface area contributed by atoms with Crippen LogP contribution in [0.25, 0.3) is 23.2 Å². The molecule has 3 aromatic rings. The molecule has 146 valence electrons. The molecule has 1 saturated heterocycles. The second-order valence-electron chi connectivity index (χ2n) is 6.85. The van der Waals surface area contributed by atoms with Crippen molar-refractivity contribution >= 4 is 40.8 Å². The predicted molar refractivity (Wildman–Crippen MR) is 114 cm³/mol. The number of fused-ring (bicyclic) bond motifs is 1. The van der Waals surface area contributed by atoms with E-state index < -0.39 is 0 Å². The van der Waals surface area contributed by atoms with E-state index in [1.54, 1.807) is 6.07 Å². The van der Waals surface area contributed by atoms with E-state index >= 15 is 0 Å². The molecule has 4 rings (SSSR count). The fourth-order valence-electron chi connectivity index (χ4n) is 3.45. The van der Waals surface area contributed by atoms with Gasteiger partial charge in [-0.2, -0.15) is 21.6 Å². The van der Waals surface area contributed by atoms with Gasteiger partial charge in [-0.25, -0.2) is 9.97 Å². The maximum absolute atomic E-state index is 11.5. The zero-order chi connectivity index (χ0) is 19.5. The van der Waals surface area contributed by atoms with E-state index in [1.165, 1.54) is 12.4 Å². The molecule has 0 N–H and O–H groups in total. The molecule has 0 spiro atoms. The van der Waals surface area contributed by atoms with Crippen LogP contribution in [0.3, 0.4) is 0 Å². The van der Waals surface area contributed by atoms with Crippen molar-refractivity contribution < 1.29 is 4.73 Å². The molecule has 1 aliphatic heterocycles. The Morgan fingerprint density at radius 2 is 2.07 bits per heavy atom. The van der Waals surface area contributed by atoms with E-state index in [-0.39, 0.29) is 0 Å². The van der Waals surface area contributed by atoms with Crippen molar-refractivity contribution in [3.63, 3.8) is 0 Å². The first kappa shape index (κ1) is 18.7. The second kappa shape index (κ2) is 8.18. The largest absolute Gasteiger partial charge is 0.619 e. The molecule has 8 heteroatoms. The maximum Gasteiger partial charge on any atom is 0.187 e. The van der Waals surface area contributed by atoms with Crippen LogP contribution in [0.15, 0.2) is 24.5 Å². The summed E-state index contributed by atoms with van der Waals surface area (Å²) in [5.41, 5.74) is 3.77. The van der Waals surface area contributed by atoms with Gasteiger partial charge < -0.3 is 10.1 Å². The minimum absolute atomic E-state index is 0.646. The highest BCUT2D eigenvalue weighted by Gasteiger charge is 2.21. The summed E-state index contributed by atoms with van der Waals surface area (Å²) in [6.45, 7) is 4.10. The fraction of sp³-hybridized carbons (Fsp3) is 0.400. The average Bonchev–Trinajstić information content (AvgIpc) is 3.02. The Kier molecular flexibility index (Phi) is 5.47. The van der Waals surface area contributed by atoms with Crippen LogP contribution in [0, 0.1) is 5.21 Å². The molecule has 1 fully saturated rings. The van der Waals surface area contributed by atoms with Gasteiger partial charge in [-0.05, 0) is 24.6 Å². The van der Waals surface area contributed by atoms with Gasteiger partial charge in [0, 0.05) is 43.3 Å². The van der Waals surface area contributed by atoms with Gasteiger partial charge in [0.15, 0.2) is 24.0 Å². The van der Waals surface area contributed by atoms with Crippen molar-refractivity contribution in [3.8, 4) is 0 Å². The average molecular weight is 397 g/mol. The Morgan fingerprint density at radius 3 is 2.82 bits per heavy atom. The Hall–Kier alpha value is -2.61. The van der Waals surface area contributed by atoms with Crippen molar-refractivity contribution in [3.05, 3.63) is 46.8 Å². The number of aryl methyl sites for hydroxylation is 2. The normalized spacial score (nSPS) is 15.0. The zero-order valence-corrected chi connectivity index (χ0v) is 17.0. The SMILES string of the molecule is CCCc1nn(C)c2c(N3CCSCC3)nc(/C=C/c3ccc[n+]([O-])c3)nc12. The van der Waals surface area contributed by atoms with Gasteiger partial charge in [0.2, 0.25) is 0 Å². The first-order chi connectivity index (χ1) is 13.7. The molecule has 0 saturated carbocycles. The van der Waals surface area contributed by atoms with Gasteiger partial charge >= 0.3 is 0 Å². The van der Waals surface area contributed by atoms with Crippen LogP contribution in [-0.2, 0) is 13.5 Å². The number of pyridine rings is 1. The molecule has 0 bridgehead atoms. The Morgan fingerprint density at radius 1 is 1.25 bits per heavy atom. The van der Waals surface area contributed by atoms with E-state index in [2.05, 4.69) is 11.8 Å². The Balaban J connectivity index is 1.80. The highest BCUT2D eigenvalue weighted by molar-refractivity contribution is 7.99. The van der Waals surface area contributed by atoms with Crippen LogP contribution in [0.5, 0.6) is 0 Å². The molecule has 0 unspecified atom stereocenters. The molecule has 1 aliphatic rings. The van der Waals surface area contributed by atoms with Crippen LogP contribution in [-0.4, -0.2) is 44.3 Å². The lowest BCUT2D eigenvalue weighted by atomic mass is 10.2. The summed E-state index contributed by atoms with van der Waals surface area (Å²) in [5, 5.41) is 16.2. The number of nitrogens with zero attached hydrogens (tertiary/aromatic N) is 6. The van der Waals surface area contributed by atoms with E-state index in [0.29, 0.717) is 5.82 Å². The molecular weight excluding hydrogens is 372 g/mol. The van der Waals surface area contributed by atoms with Crippen LogP contribution in [0.2, 0.25) is 0 Å². The van der Waals surface area contributed by atoms with Gasteiger partial charge in [0.05, 0.1) is 5.69 Å². The van der Waals surface area contributed by atoms with E-state index in [1.807, 2.05) is 41.7 Å². The Labute approximate surface area is 168 Å². The topological polar surface area (TPSA) is 73.8 Å². The van der Waals surface area contributed by atoms with E-state index in [4.69, 9.17) is 15.1 Å². The number of anilines is 1. The smallest absolute Gasteiger partial charge is 0.187 e. The van der Waals surface area contributed by atoms with Crippen molar-refractivity contribution in [2.75, 3.05) is 29.5 Å². The van der Waals surface area contributed by atoms with Gasteiger partial charge in [-0.3, -0.25) is 4.68 Å². The molecule has 0 radical (unpaired) electrons. The van der Waals surface area contributed by atoms with Crippen LogP contribution in [0.4, 0.5) is 5.82 Å². The van der Waals surface area contributed by atoms with E-state index in [0.717, 1.165) is 70.3 Å². The minimum atomic E-state index is 0.646. The molecule has 0 aliphatic carbocycles. The summed E-state index contributed by atoms with van der Waals surface area (Å²) in [7, 11) is 1.97. The third-order valence-electron chi connectivity index (χ3n) is 4.77. The standard InChI is InChI=1S/C20H24N6OS/c1-3-5-16-18-19(24(2)23-16)20(25-10-12-28-13-11-25)22-17(21-18)8-7-15-6-4-9-26(27)14-15/h4,6-9,14H,3,5,10-13H2,1-2H3/b8-7+. The van der Waals surface area contributed by atoms with Crippen molar-refractivity contribution in [1.29, 1.82) is 0 Å². The number of hydrogen-bond donors (Lipinski definition) is 0. The van der Waals surface area contributed by atoms with Gasteiger partial charge in [-0.1, -0.05) is 13.3 Å². The number of rotatable bonds is 5. The lowest BCUT2D eigenvalue weighted by molar-refractivity contribution is -0.605. The maximum atomic E-state index is 11.5. The first-order valence-corrected chi connectivity index (χ1v) is 10.7. The van der Waals surface area contributed by atoms with Crippen LogP contribution < -0.4 is 9.63 Å². The van der Waals surface area contributed by atoms with Gasteiger partial charge in [-0.15, -0.1) is 0 Å². The molecule has 0 atom stereocenters. The second-order valence-corrected chi connectivity index (χ2v) is 8.08. The molecule has 0 amide bonds. The lowest BCUT2D eigenvalue weighted by Gasteiger charge is -2.28. The fourth-order valence-corrected chi connectivity index (χ4v) is 4.36. The predicted octanol–water partition coefficient (Wildman–Crippen LogP) is 2.67. The van der Waals surface area contributed by atoms with Crippen molar-refractivity contribution in [2.24, 2.45) is 7.05 Å². The summed E-state index contributed by atoms with van der Waals surface area (Å²) >= 11 is 1.98. The first-order valence-electron chi connectivity index (χ1n) is 9.59. The monoisotopic (exact) mass is 396 g/mol. The summed E-state index contributed by atoms with van der Waals surface area (Å²) in [6.07, 6.45) is 8.66. The summed E-state index contributed by atoms with van der Waals surface area (Å²) in [6, 6.07) is 3.62. The highest BCUT2D eigenvalue weighted by atomic mass is 32.2. The number of aromatic nitrogens is 5. The molecule has 0 aromatic carbocycles. The minimum Gasteiger partial charge on any atom is -0.619 e. The molecule has 4 heterocycles. The van der Waals surface area contributed by atoms with Gasteiger partial charge in [0.25, 0.3) is 0 Å². The number of thioether (sulfide) groups is 1. The number of hydrogen-bond acceptors (Lipinski definition) is 6. The quantitative estimate of drug-likeness (QED) is 0.488. The molecule has 3 aromatic heterocycles. The van der Waals surface area contributed by atoms with Crippen LogP contribution in [0.1, 0.15) is 30.4 Å². The zero-order valence-electron chi connectivity index (χ0n) is 16.2. The van der Waals surface area contributed by atoms with Gasteiger partial charge in [0.1, 0.15) is 11.0 Å². The lowest BCUT2D eigenvalue weighted by Crippen LogP contribution is -2.33. The van der Waals surface area contributed by atoms with E-state index in [9.17, 15) is 5.21 Å². The third kappa shape index (κ3) is 3.82. The summed E-state index contributed by atoms with van der Waals surface area (Å²) < 4.78 is 2.71. The summed E-state index contributed by atoms with van der Waals surface area (Å²) in [5.74, 6) is 3.80. The summed E-state index contributed by atoms with van der Waals surface area (Å²) in [4.78, 5) is 12.0. The highest BCUT2D eigenvalue weighted by Crippen LogP contribution is 2.28. The molecular formula is C20H24N6OS. The molecule has 7 nitrogen and oxygen atoms in total.